The van der Waals surface area contributed by atoms with Crippen molar-refractivity contribution >= 4 is 17.8 Å². The number of pyridine rings is 1. The summed E-state index contributed by atoms with van der Waals surface area (Å²) in [5, 5.41) is 2.91. The molecule has 1 unspecified atom stereocenters. The van der Waals surface area contributed by atoms with Crippen LogP contribution in [0.25, 0.3) is 0 Å². The van der Waals surface area contributed by atoms with Crippen molar-refractivity contribution in [3.05, 3.63) is 23.9 Å². The number of carbonyl (C=O) groups is 3. The summed E-state index contributed by atoms with van der Waals surface area (Å²) in [5.74, 6) is 0.136. The van der Waals surface area contributed by atoms with Crippen molar-refractivity contribution in [2.24, 2.45) is 11.7 Å². The number of hydrogen-bond acceptors (Lipinski definition) is 5. The topological polar surface area (TPSA) is 115 Å². The van der Waals surface area contributed by atoms with E-state index in [2.05, 4.69) is 10.3 Å². The average molecular weight is 415 g/mol. The second kappa shape index (κ2) is 9.02. The number of nitrogens with two attached hydrogens (primary N) is 1. The monoisotopic (exact) mass is 414 g/mol. The third-order valence-corrected chi connectivity index (χ3v) is 6.67. The van der Waals surface area contributed by atoms with Gasteiger partial charge in [0.25, 0.3) is 11.8 Å². The van der Waals surface area contributed by atoms with E-state index in [1.807, 2.05) is 0 Å². The van der Waals surface area contributed by atoms with Crippen LogP contribution in [0.4, 0.5) is 4.79 Å². The number of aromatic nitrogens is 1. The molecule has 0 aromatic carbocycles. The van der Waals surface area contributed by atoms with E-state index in [1.54, 1.807) is 18.3 Å². The molecule has 0 radical (unpaired) electrons. The fraction of sp³-hybridized carbons (Fsp3) is 0.636. The first-order valence-electron chi connectivity index (χ1n) is 11.1. The van der Waals surface area contributed by atoms with Gasteiger partial charge in [-0.3, -0.25) is 14.5 Å². The highest BCUT2D eigenvalue weighted by Gasteiger charge is 2.43. The lowest BCUT2D eigenvalue weighted by Crippen LogP contribution is -2.44. The summed E-state index contributed by atoms with van der Waals surface area (Å²) in [6.07, 6.45) is 11.0. The molecule has 2 heterocycles. The van der Waals surface area contributed by atoms with Gasteiger partial charge < -0.3 is 15.8 Å². The average Bonchev–Trinajstić information content (AvgIpc) is 3.02. The zero-order valence-corrected chi connectivity index (χ0v) is 17.2. The molecule has 3 fully saturated rings. The van der Waals surface area contributed by atoms with Crippen molar-refractivity contribution in [2.45, 2.75) is 82.4 Å². The quantitative estimate of drug-likeness (QED) is 0.695. The van der Waals surface area contributed by atoms with E-state index in [-0.39, 0.29) is 41.6 Å². The zero-order valence-electron chi connectivity index (χ0n) is 17.2. The van der Waals surface area contributed by atoms with Crippen LogP contribution < -0.4 is 15.8 Å². The first-order valence-corrected chi connectivity index (χ1v) is 11.1. The van der Waals surface area contributed by atoms with Crippen LogP contribution in [0.1, 0.15) is 74.6 Å². The Morgan fingerprint density at radius 1 is 1.13 bits per heavy atom. The fourth-order valence-electron chi connectivity index (χ4n) is 5.06. The summed E-state index contributed by atoms with van der Waals surface area (Å²) in [6, 6.07) is 2.50. The Hall–Kier alpha value is -2.64. The van der Waals surface area contributed by atoms with Crippen LogP contribution >= 0.6 is 0 Å². The van der Waals surface area contributed by atoms with Gasteiger partial charge in [0.1, 0.15) is 17.7 Å². The van der Waals surface area contributed by atoms with Gasteiger partial charge in [0.2, 0.25) is 5.88 Å². The maximum atomic E-state index is 12.9. The molecule has 0 spiro atoms. The van der Waals surface area contributed by atoms with Gasteiger partial charge in [0, 0.05) is 12.2 Å². The Balaban J connectivity index is 1.32. The highest BCUT2D eigenvalue weighted by atomic mass is 16.5. The Morgan fingerprint density at radius 2 is 1.87 bits per heavy atom. The van der Waals surface area contributed by atoms with Crippen molar-refractivity contribution in [2.75, 3.05) is 0 Å². The van der Waals surface area contributed by atoms with Crippen molar-refractivity contribution < 1.29 is 19.1 Å². The Labute approximate surface area is 176 Å². The second-order valence-electron chi connectivity index (χ2n) is 8.72. The van der Waals surface area contributed by atoms with Gasteiger partial charge in [0.05, 0.1) is 0 Å². The molecule has 1 saturated heterocycles. The first kappa shape index (κ1) is 20.6. The van der Waals surface area contributed by atoms with Gasteiger partial charge in [-0.15, -0.1) is 0 Å². The lowest BCUT2D eigenvalue weighted by Gasteiger charge is -2.33. The lowest BCUT2D eigenvalue weighted by molar-refractivity contribution is -0.130. The minimum atomic E-state index is -0.574. The summed E-state index contributed by atoms with van der Waals surface area (Å²) in [6.45, 7) is 0. The maximum absolute atomic E-state index is 12.9. The van der Waals surface area contributed by atoms with Gasteiger partial charge in [-0.2, -0.15) is 0 Å². The Bertz CT molecular complexity index is 800. The minimum Gasteiger partial charge on any atom is -0.474 e. The summed E-state index contributed by atoms with van der Waals surface area (Å²) in [7, 11) is 0. The number of rotatable bonds is 6. The predicted molar refractivity (Wildman–Crippen MR) is 110 cm³/mol. The molecular weight excluding hydrogens is 384 g/mol. The summed E-state index contributed by atoms with van der Waals surface area (Å²) >= 11 is 0. The molecule has 4 amide bonds. The van der Waals surface area contributed by atoms with E-state index >= 15 is 0 Å². The minimum absolute atomic E-state index is 0.0734. The number of carbonyl (C=O) groups excluding carboxylic acids is 3. The number of imide groups is 1. The van der Waals surface area contributed by atoms with Gasteiger partial charge >= 0.3 is 6.03 Å². The molecule has 4 rings (SSSR count). The van der Waals surface area contributed by atoms with E-state index < -0.39 is 5.91 Å². The number of amides is 4. The molecule has 8 nitrogen and oxygen atoms in total. The van der Waals surface area contributed by atoms with E-state index in [0.717, 1.165) is 19.3 Å². The number of primary amides is 1. The Morgan fingerprint density at radius 3 is 2.57 bits per heavy atom. The van der Waals surface area contributed by atoms with Gasteiger partial charge in [0.15, 0.2) is 0 Å². The van der Waals surface area contributed by atoms with Crippen LogP contribution in [0, 0.1) is 5.92 Å². The highest BCUT2D eigenvalue weighted by molar-refractivity contribution is 6.04. The third kappa shape index (κ3) is 4.42. The fourth-order valence-corrected chi connectivity index (χ4v) is 5.06. The summed E-state index contributed by atoms with van der Waals surface area (Å²) in [4.78, 5) is 42.6. The van der Waals surface area contributed by atoms with Crippen LogP contribution in [0.3, 0.4) is 0 Å². The highest BCUT2D eigenvalue weighted by Crippen LogP contribution is 2.32. The molecule has 1 atom stereocenters. The predicted octanol–water partition coefficient (Wildman–Crippen LogP) is 2.76. The molecule has 2 aliphatic carbocycles. The molecular formula is C22H30N4O4. The van der Waals surface area contributed by atoms with Gasteiger partial charge in [-0.05, 0) is 50.2 Å². The van der Waals surface area contributed by atoms with Crippen molar-refractivity contribution in [1.29, 1.82) is 0 Å². The third-order valence-electron chi connectivity index (χ3n) is 6.67. The molecule has 1 aromatic rings. The number of nitrogens with zero attached hydrogens (tertiary/aromatic N) is 2. The molecule has 0 bridgehead atoms. The summed E-state index contributed by atoms with van der Waals surface area (Å²) in [5.41, 5.74) is 5.65. The van der Waals surface area contributed by atoms with Crippen LogP contribution in [0.15, 0.2) is 18.3 Å². The molecule has 1 aliphatic heterocycles. The van der Waals surface area contributed by atoms with Crippen molar-refractivity contribution in [3.63, 3.8) is 0 Å². The molecule has 1 aromatic heterocycles. The van der Waals surface area contributed by atoms with Crippen LogP contribution in [0.2, 0.25) is 0 Å². The standard InChI is InChI=1S/C22H30N4O4/c23-19(27)17-7-4-12-24-20(17)30-16-10-8-15(9-11-16)26-21(28)18(25-22(26)29)13-14-5-2-1-3-6-14/h4,7,12,14-16,18H,1-3,5-6,8-11,13H2,(H2,23,27)(H,25,29)/t15-,16-,18?. The molecule has 3 aliphatic rings. The van der Waals surface area contributed by atoms with E-state index in [0.29, 0.717) is 31.6 Å². The largest absolute Gasteiger partial charge is 0.474 e. The normalized spacial score (nSPS) is 27.7. The van der Waals surface area contributed by atoms with Crippen LogP contribution in [-0.4, -0.2) is 45.9 Å². The molecule has 8 heteroatoms. The number of ether oxygens (including phenoxy) is 1. The SMILES string of the molecule is NC(=O)c1cccnc1O[C@H]1CC[C@H](N2C(=O)NC(CC3CCCCC3)C2=O)CC1. The first-order chi connectivity index (χ1) is 14.5. The zero-order chi connectivity index (χ0) is 21.1. The molecule has 162 valence electrons. The van der Waals surface area contributed by atoms with E-state index in [1.165, 1.54) is 24.2 Å². The number of hydrogen-bond donors (Lipinski definition) is 2. The van der Waals surface area contributed by atoms with Crippen LogP contribution in [0.5, 0.6) is 5.88 Å². The number of nitrogens with one attached hydrogen (secondary N) is 1. The Kier molecular flexibility index (Phi) is 6.20. The van der Waals surface area contributed by atoms with E-state index in [4.69, 9.17) is 10.5 Å². The van der Waals surface area contributed by atoms with Gasteiger partial charge in [-0.1, -0.05) is 32.1 Å². The van der Waals surface area contributed by atoms with E-state index in [9.17, 15) is 14.4 Å². The maximum Gasteiger partial charge on any atom is 0.325 e. The van der Waals surface area contributed by atoms with Crippen molar-refractivity contribution in [1.82, 2.24) is 15.2 Å². The summed E-state index contributed by atoms with van der Waals surface area (Å²) < 4.78 is 5.92. The smallest absolute Gasteiger partial charge is 0.325 e. The second-order valence-corrected chi connectivity index (χ2v) is 8.72. The molecule has 30 heavy (non-hydrogen) atoms. The molecule has 2 saturated carbocycles. The van der Waals surface area contributed by atoms with Gasteiger partial charge in [-0.25, -0.2) is 9.78 Å². The van der Waals surface area contributed by atoms with Crippen LogP contribution in [-0.2, 0) is 4.79 Å². The van der Waals surface area contributed by atoms with Crippen molar-refractivity contribution in [3.8, 4) is 5.88 Å². The molecule has 3 N–H and O–H groups in total. The number of urea groups is 1. The lowest BCUT2D eigenvalue weighted by atomic mass is 9.84.